The van der Waals surface area contributed by atoms with Gasteiger partial charge in [-0.05, 0) is 29.3 Å². The Morgan fingerprint density at radius 2 is 2.33 bits per heavy atom. The number of hydrogen-bond acceptors (Lipinski definition) is 2. The summed E-state index contributed by atoms with van der Waals surface area (Å²) in [6.07, 6.45) is 0. The number of rotatable bonds is 1. The van der Waals surface area contributed by atoms with Crippen LogP contribution in [0.3, 0.4) is 0 Å². The molecular weight excluding hydrogens is 154 g/mol. The maximum Gasteiger partial charge on any atom is 0.0274 e. The van der Waals surface area contributed by atoms with E-state index in [0.717, 1.165) is 0 Å². The summed E-state index contributed by atoms with van der Waals surface area (Å²) in [5.74, 6) is 0. The summed E-state index contributed by atoms with van der Waals surface area (Å²) in [6, 6.07) is 2.25. The standard InChI is InChI=1S/C6H9NS.ClH/c1-5(7)6-2-3-8-4-6;/h2-5H,7H2,1H3;1H. The van der Waals surface area contributed by atoms with Gasteiger partial charge < -0.3 is 5.73 Å². The van der Waals surface area contributed by atoms with Crippen LogP contribution in [-0.4, -0.2) is 0 Å². The van der Waals surface area contributed by atoms with E-state index in [4.69, 9.17) is 5.73 Å². The van der Waals surface area contributed by atoms with Gasteiger partial charge in [-0.3, -0.25) is 0 Å². The zero-order valence-electron chi connectivity index (χ0n) is 5.20. The zero-order chi connectivity index (χ0) is 5.98. The zero-order valence-corrected chi connectivity index (χ0v) is 6.84. The molecule has 0 aromatic carbocycles. The highest BCUT2D eigenvalue weighted by Gasteiger charge is 1.95. The van der Waals surface area contributed by atoms with E-state index in [1.54, 1.807) is 11.3 Å². The Balaban J connectivity index is 0.000000640. The quantitative estimate of drug-likeness (QED) is 0.675. The van der Waals surface area contributed by atoms with Crippen LogP contribution in [0.4, 0.5) is 0 Å². The minimum absolute atomic E-state index is 0. The van der Waals surface area contributed by atoms with E-state index in [1.807, 2.05) is 12.3 Å². The molecule has 0 aliphatic carbocycles. The van der Waals surface area contributed by atoms with Crippen LogP contribution in [0.1, 0.15) is 18.5 Å². The topological polar surface area (TPSA) is 26.0 Å². The van der Waals surface area contributed by atoms with Crippen molar-refractivity contribution in [1.29, 1.82) is 0 Å². The van der Waals surface area contributed by atoms with Crippen molar-refractivity contribution < 1.29 is 0 Å². The van der Waals surface area contributed by atoms with Gasteiger partial charge in [0, 0.05) is 6.04 Å². The van der Waals surface area contributed by atoms with Gasteiger partial charge in [-0.15, -0.1) is 12.4 Å². The average Bonchev–Trinajstić information content (AvgIpc) is 2.12. The van der Waals surface area contributed by atoms with Crippen molar-refractivity contribution in [2.24, 2.45) is 5.73 Å². The van der Waals surface area contributed by atoms with Gasteiger partial charge in [0.15, 0.2) is 0 Å². The Morgan fingerprint density at radius 1 is 1.67 bits per heavy atom. The van der Waals surface area contributed by atoms with E-state index in [1.165, 1.54) is 5.56 Å². The van der Waals surface area contributed by atoms with Gasteiger partial charge in [-0.25, -0.2) is 0 Å². The maximum absolute atomic E-state index is 5.56. The van der Waals surface area contributed by atoms with Crippen LogP contribution in [0, 0.1) is 0 Å². The first kappa shape index (κ1) is 8.95. The fourth-order valence-corrected chi connectivity index (χ4v) is 1.30. The summed E-state index contributed by atoms with van der Waals surface area (Å²) < 4.78 is 0. The lowest BCUT2D eigenvalue weighted by Gasteiger charge is -1.97. The normalized spacial score (nSPS) is 12.2. The Hall–Kier alpha value is -0.0500. The summed E-state index contributed by atoms with van der Waals surface area (Å²) in [5, 5.41) is 4.11. The molecule has 0 saturated carbocycles. The Labute approximate surface area is 65.3 Å². The molecule has 1 atom stereocenters. The number of thiophene rings is 1. The average molecular weight is 164 g/mol. The van der Waals surface area contributed by atoms with Crippen molar-refractivity contribution >= 4 is 23.7 Å². The van der Waals surface area contributed by atoms with Crippen LogP contribution in [-0.2, 0) is 0 Å². The SMILES string of the molecule is CC(N)c1ccsc1.Cl. The summed E-state index contributed by atoms with van der Waals surface area (Å²) >= 11 is 1.69. The molecule has 1 heterocycles. The second kappa shape index (κ2) is 3.88. The summed E-state index contributed by atoms with van der Waals surface area (Å²) in [6.45, 7) is 1.99. The molecule has 0 radical (unpaired) electrons. The predicted octanol–water partition coefficient (Wildman–Crippen LogP) is 2.19. The van der Waals surface area contributed by atoms with E-state index in [9.17, 15) is 0 Å². The molecule has 1 aromatic heterocycles. The maximum atomic E-state index is 5.56. The van der Waals surface area contributed by atoms with Crippen LogP contribution in [0.5, 0.6) is 0 Å². The first-order valence-electron chi connectivity index (χ1n) is 2.58. The first-order valence-corrected chi connectivity index (χ1v) is 3.52. The van der Waals surface area contributed by atoms with Gasteiger partial charge in [0.05, 0.1) is 0 Å². The molecule has 3 heteroatoms. The molecule has 0 aliphatic rings. The molecule has 52 valence electrons. The third kappa shape index (κ3) is 2.35. The fourth-order valence-electron chi connectivity index (χ4n) is 0.534. The van der Waals surface area contributed by atoms with Crippen LogP contribution < -0.4 is 5.73 Å². The summed E-state index contributed by atoms with van der Waals surface area (Å²) in [7, 11) is 0. The highest BCUT2D eigenvalue weighted by Crippen LogP contribution is 2.12. The Bertz CT molecular complexity index is 148. The van der Waals surface area contributed by atoms with Gasteiger partial charge in [0.25, 0.3) is 0 Å². The highest BCUT2D eigenvalue weighted by atomic mass is 35.5. The molecule has 1 nitrogen and oxygen atoms in total. The molecule has 0 aliphatic heterocycles. The molecule has 0 amide bonds. The largest absolute Gasteiger partial charge is 0.324 e. The summed E-state index contributed by atoms with van der Waals surface area (Å²) in [4.78, 5) is 0. The van der Waals surface area contributed by atoms with Crippen LogP contribution >= 0.6 is 23.7 Å². The first-order chi connectivity index (χ1) is 3.80. The second-order valence-corrected chi connectivity index (χ2v) is 2.63. The highest BCUT2D eigenvalue weighted by molar-refractivity contribution is 7.07. The van der Waals surface area contributed by atoms with Crippen molar-refractivity contribution in [3.63, 3.8) is 0 Å². The Kier molecular flexibility index (Phi) is 3.86. The smallest absolute Gasteiger partial charge is 0.0274 e. The lowest BCUT2D eigenvalue weighted by Crippen LogP contribution is -2.02. The van der Waals surface area contributed by atoms with E-state index in [0.29, 0.717) is 0 Å². The van der Waals surface area contributed by atoms with Gasteiger partial charge in [0.2, 0.25) is 0 Å². The molecule has 2 N–H and O–H groups in total. The van der Waals surface area contributed by atoms with E-state index in [2.05, 4.69) is 11.4 Å². The van der Waals surface area contributed by atoms with Crippen LogP contribution in [0.15, 0.2) is 16.8 Å². The molecule has 0 fully saturated rings. The lowest BCUT2D eigenvalue weighted by molar-refractivity contribution is 0.823. The van der Waals surface area contributed by atoms with Crippen molar-refractivity contribution in [2.45, 2.75) is 13.0 Å². The van der Waals surface area contributed by atoms with Gasteiger partial charge in [-0.2, -0.15) is 11.3 Å². The molecule has 0 spiro atoms. The Morgan fingerprint density at radius 3 is 2.56 bits per heavy atom. The van der Waals surface area contributed by atoms with E-state index in [-0.39, 0.29) is 18.4 Å². The van der Waals surface area contributed by atoms with Crippen molar-refractivity contribution in [1.82, 2.24) is 0 Å². The minimum Gasteiger partial charge on any atom is -0.324 e. The van der Waals surface area contributed by atoms with E-state index < -0.39 is 0 Å². The van der Waals surface area contributed by atoms with Crippen molar-refractivity contribution in [3.05, 3.63) is 22.4 Å². The van der Waals surface area contributed by atoms with Gasteiger partial charge >= 0.3 is 0 Å². The molecule has 1 unspecified atom stereocenters. The predicted molar refractivity (Wildman–Crippen MR) is 44.2 cm³/mol. The fraction of sp³-hybridized carbons (Fsp3) is 0.333. The van der Waals surface area contributed by atoms with Crippen LogP contribution in [0.25, 0.3) is 0 Å². The third-order valence-electron chi connectivity index (χ3n) is 1.07. The lowest BCUT2D eigenvalue weighted by atomic mass is 10.2. The molecular formula is C6H10ClNS. The monoisotopic (exact) mass is 163 g/mol. The van der Waals surface area contributed by atoms with Gasteiger partial charge in [-0.1, -0.05) is 0 Å². The molecule has 0 bridgehead atoms. The number of halogens is 1. The third-order valence-corrected chi connectivity index (χ3v) is 1.77. The van der Waals surface area contributed by atoms with Crippen LogP contribution in [0.2, 0.25) is 0 Å². The minimum atomic E-state index is 0. The molecule has 1 aromatic rings. The molecule has 9 heavy (non-hydrogen) atoms. The number of hydrogen-bond donors (Lipinski definition) is 1. The van der Waals surface area contributed by atoms with Crippen molar-refractivity contribution in [3.8, 4) is 0 Å². The molecule has 1 rings (SSSR count). The number of nitrogens with two attached hydrogens (primary N) is 1. The second-order valence-electron chi connectivity index (χ2n) is 1.85. The summed E-state index contributed by atoms with van der Waals surface area (Å²) in [5.41, 5.74) is 6.80. The van der Waals surface area contributed by atoms with E-state index >= 15 is 0 Å². The van der Waals surface area contributed by atoms with Crippen molar-refractivity contribution in [2.75, 3.05) is 0 Å². The van der Waals surface area contributed by atoms with Gasteiger partial charge in [0.1, 0.15) is 0 Å². The molecule has 0 saturated heterocycles.